The second-order valence-corrected chi connectivity index (χ2v) is 6.48. The maximum atomic E-state index is 12.7. The molecule has 25 heavy (non-hydrogen) atoms. The van der Waals surface area contributed by atoms with E-state index in [1.165, 1.54) is 0 Å². The van der Waals surface area contributed by atoms with Gasteiger partial charge < -0.3 is 5.32 Å². The van der Waals surface area contributed by atoms with Gasteiger partial charge in [-0.3, -0.25) is 9.78 Å². The Morgan fingerprint density at radius 1 is 1.12 bits per heavy atom. The summed E-state index contributed by atoms with van der Waals surface area (Å²) in [4.78, 5) is 17.4. The predicted octanol–water partition coefficient (Wildman–Crippen LogP) is 4.99. The molecular weight excluding hydrogens is 308 g/mol. The van der Waals surface area contributed by atoms with Crippen molar-refractivity contribution in [1.29, 1.82) is 0 Å². The van der Waals surface area contributed by atoms with Gasteiger partial charge in [0.15, 0.2) is 0 Å². The lowest BCUT2D eigenvalue weighted by Crippen LogP contribution is -2.27. The minimum Gasteiger partial charge on any atom is -0.345 e. The van der Waals surface area contributed by atoms with Crippen LogP contribution in [0.1, 0.15) is 53.5 Å². The molecule has 0 saturated carbocycles. The maximum Gasteiger partial charge on any atom is 0.252 e. The van der Waals surface area contributed by atoms with Crippen LogP contribution in [0.15, 0.2) is 54.6 Å². The molecule has 1 heterocycles. The summed E-state index contributed by atoms with van der Waals surface area (Å²) in [5.74, 6) is -0.0384. The number of fused-ring (bicyclic) bond motifs is 1. The van der Waals surface area contributed by atoms with Crippen LogP contribution in [0.2, 0.25) is 0 Å². The molecule has 0 aliphatic heterocycles. The number of amides is 1. The van der Waals surface area contributed by atoms with Gasteiger partial charge in [-0.1, -0.05) is 49.7 Å². The van der Waals surface area contributed by atoms with Crippen molar-refractivity contribution in [2.45, 2.75) is 39.7 Å². The first-order chi connectivity index (χ1) is 12.1. The van der Waals surface area contributed by atoms with E-state index < -0.39 is 0 Å². The van der Waals surface area contributed by atoms with Crippen LogP contribution in [0.25, 0.3) is 10.9 Å². The zero-order chi connectivity index (χ0) is 17.8. The monoisotopic (exact) mass is 332 g/mol. The van der Waals surface area contributed by atoms with Crippen LogP contribution in [-0.2, 0) is 6.42 Å². The first kappa shape index (κ1) is 17.2. The fourth-order valence-corrected chi connectivity index (χ4v) is 3.18. The van der Waals surface area contributed by atoms with Gasteiger partial charge in [0, 0.05) is 16.6 Å². The summed E-state index contributed by atoms with van der Waals surface area (Å²) in [7, 11) is 0. The van der Waals surface area contributed by atoms with E-state index in [1.807, 2.05) is 56.3 Å². The third kappa shape index (κ3) is 3.71. The SMILES string of the molecule is CCCc1cc([C@H](C)NC(=O)c2ccccc2C)c2ccccc2n1. The number of hydrogen-bond donors (Lipinski definition) is 1. The fraction of sp³-hybridized carbons (Fsp3) is 0.273. The van der Waals surface area contributed by atoms with Gasteiger partial charge in [0.05, 0.1) is 11.6 Å². The summed E-state index contributed by atoms with van der Waals surface area (Å²) < 4.78 is 0. The van der Waals surface area contributed by atoms with E-state index in [0.29, 0.717) is 0 Å². The molecule has 0 unspecified atom stereocenters. The van der Waals surface area contributed by atoms with Gasteiger partial charge in [-0.05, 0) is 49.6 Å². The van der Waals surface area contributed by atoms with E-state index in [0.717, 1.165) is 46.1 Å². The van der Waals surface area contributed by atoms with Crippen molar-refractivity contribution in [3.8, 4) is 0 Å². The predicted molar refractivity (Wildman–Crippen MR) is 103 cm³/mol. The summed E-state index contributed by atoms with van der Waals surface area (Å²) in [6.07, 6.45) is 1.99. The van der Waals surface area contributed by atoms with Crippen LogP contribution in [0, 0.1) is 6.92 Å². The summed E-state index contributed by atoms with van der Waals surface area (Å²) >= 11 is 0. The molecule has 0 radical (unpaired) electrons. The van der Waals surface area contributed by atoms with Crippen LogP contribution in [-0.4, -0.2) is 10.9 Å². The van der Waals surface area contributed by atoms with Crippen LogP contribution < -0.4 is 5.32 Å². The zero-order valence-corrected chi connectivity index (χ0v) is 15.0. The summed E-state index contributed by atoms with van der Waals surface area (Å²) in [6, 6.07) is 17.8. The first-order valence-corrected chi connectivity index (χ1v) is 8.85. The molecule has 0 aliphatic carbocycles. The molecule has 1 aromatic heterocycles. The Morgan fingerprint density at radius 2 is 1.84 bits per heavy atom. The highest BCUT2D eigenvalue weighted by atomic mass is 16.1. The molecule has 0 bridgehead atoms. The summed E-state index contributed by atoms with van der Waals surface area (Å²) in [5.41, 5.74) is 4.89. The molecule has 0 spiro atoms. The number of pyridine rings is 1. The first-order valence-electron chi connectivity index (χ1n) is 8.85. The molecule has 3 nitrogen and oxygen atoms in total. The quantitative estimate of drug-likeness (QED) is 0.715. The van der Waals surface area contributed by atoms with E-state index in [-0.39, 0.29) is 11.9 Å². The molecule has 1 atom stereocenters. The molecule has 0 fully saturated rings. The molecule has 2 aromatic carbocycles. The van der Waals surface area contributed by atoms with Crippen molar-refractivity contribution in [2.24, 2.45) is 0 Å². The van der Waals surface area contributed by atoms with E-state index in [9.17, 15) is 4.79 Å². The molecule has 128 valence electrons. The molecular formula is C22H24N2O. The highest BCUT2D eigenvalue weighted by Gasteiger charge is 2.16. The second kappa shape index (κ2) is 7.47. The largest absolute Gasteiger partial charge is 0.345 e. The summed E-state index contributed by atoms with van der Waals surface area (Å²) in [6.45, 7) is 6.15. The van der Waals surface area contributed by atoms with E-state index in [2.05, 4.69) is 24.4 Å². The highest BCUT2D eigenvalue weighted by Crippen LogP contribution is 2.25. The van der Waals surface area contributed by atoms with E-state index in [1.54, 1.807) is 0 Å². The number of para-hydroxylation sites is 1. The zero-order valence-electron chi connectivity index (χ0n) is 15.0. The van der Waals surface area contributed by atoms with Gasteiger partial charge in [0.25, 0.3) is 5.91 Å². The Labute approximate surface area is 149 Å². The van der Waals surface area contributed by atoms with Crippen molar-refractivity contribution in [1.82, 2.24) is 10.3 Å². The molecule has 0 aliphatic rings. The van der Waals surface area contributed by atoms with Crippen molar-refractivity contribution in [3.63, 3.8) is 0 Å². The van der Waals surface area contributed by atoms with Crippen LogP contribution >= 0.6 is 0 Å². The van der Waals surface area contributed by atoms with Crippen molar-refractivity contribution in [2.75, 3.05) is 0 Å². The third-order valence-corrected chi connectivity index (χ3v) is 4.51. The number of rotatable bonds is 5. The average Bonchev–Trinajstić information content (AvgIpc) is 2.61. The second-order valence-electron chi connectivity index (χ2n) is 6.48. The van der Waals surface area contributed by atoms with Crippen LogP contribution in [0.4, 0.5) is 0 Å². The van der Waals surface area contributed by atoms with Crippen molar-refractivity contribution >= 4 is 16.8 Å². The molecule has 0 saturated heterocycles. The number of carbonyl (C=O) groups excluding carboxylic acids is 1. The average molecular weight is 332 g/mol. The Hall–Kier alpha value is -2.68. The molecule has 1 N–H and O–H groups in total. The number of carbonyl (C=O) groups is 1. The number of nitrogens with one attached hydrogen (secondary N) is 1. The number of benzene rings is 2. The van der Waals surface area contributed by atoms with Gasteiger partial charge in [-0.2, -0.15) is 0 Å². The Balaban J connectivity index is 1.95. The van der Waals surface area contributed by atoms with Gasteiger partial charge in [-0.15, -0.1) is 0 Å². The third-order valence-electron chi connectivity index (χ3n) is 4.51. The molecule has 3 aromatic rings. The Bertz CT molecular complexity index is 901. The molecule has 1 amide bonds. The van der Waals surface area contributed by atoms with Gasteiger partial charge in [0.1, 0.15) is 0 Å². The smallest absolute Gasteiger partial charge is 0.252 e. The highest BCUT2D eigenvalue weighted by molar-refractivity contribution is 5.96. The number of hydrogen-bond acceptors (Lipinski definition) is 2. The number of aryl methyl sites for hydroxylation is 2. The lowest BCUT2D eigenvalue weighted by molar-refractivity contribution is 0.0939. The van der Waals surface area contributed by atoms with E-state index in [4.69, 9.17) is 4.98 Å². The molecule has 3 heteroatoms. The van der Waals surface area contributed by atoms with E-state index >= 15 is 0 Å². The number of aromatic nitrogens is 1. The number of nitrogens with zero attached hydrogens (tertiary/aromatic N) is 1. The minimum absolute atomic E-state index is 0.0384. The summed E-state index contributed by atoms with van der Waals surface area (Å²) in [5, 5.41) is 4.25. The topological polar surface area (TPSA) is 42.0 Å². The fourth-order valence-electron chi connectivity index (χ4n) is 3.18. The standard InChI is InChI=1S/C22H24N2O/c1-4-9-17-14-20(19-12-7-8-13-21(19)24-17)16(3)23-22(25)18-11-6-5-10-15(18)2/h5-8,10-14,16H,4,9H2,1-3H3,(H,23,25)/t16-/m0/s1. The van der Waals surface area contributed by atoms with Gasteiger partial charge in [0.2, 0.25) is 0 Å². The maximum absolute atomic E-state index is 12.7. The van der Waals surface area contributed by atoms with Crippen LogP contribution in [0.3, 0.4) is 0 Å². The Morgan fingerprint density at radius 3 is 2.60 bits per heavy atom. The normalized spacial score (nSPS) is 12.1. The Kier molecular flexibility index (Phi) is 5.13. The molecule has 3 rings (SSSR count). The van der Waals surface area contributed by atoms with Crippen LogP contribution in [0.5, 0.6) is 0 Å². The van der Waals surface area contributed by atoms with Crippen molar-refractivity contribution < 1.29 is 4.79 Å². The lowest BCUT2D eigenvalue weighted by Gasteiger charge is -2.18. The lowest BCUT2D eigenvalue weighted by atomic mass is 10.00. The van der Waals surface area contributed by atoms with Crippen molar-refractivity contribution in [3.05, 3.63) is 77.0 Å². The van der Waals surface area contributed by atoms with Gasteiger partial charge in [-0.25, -0.2) is 0 Å². The minimum atomic E-state index is -0.0874. The van der Waals surface area contributed by atoms with Gasteiger partial charge >= 0.3 is 0 Å².